The Morgan fingerprint density at radius 3 is 2.58 bits per heavy atom. The van der Waals surface area contributed by atoms with Gasteiger partial charge in [0.15, 0.2) is 0 Å². The van der Waals surface area contributed by atoms with E-state index in [0.29, 0.717) is 0 Å². The molecule has 1 rings (SSSR count). The van der Waals surface area contributed by atoms with Gasteiger partial charge in [-0.3, -0.25) is 3.53 Å². The Labute approximate surface area is 86.0 Å². The van der Waals surface area contributed by atoms with Crippen LogP contribution in [0.25, 0.3) is 0 Å². The molecule has 0 unspecified atom stereocenters. The topological polar surface area (TPSA) is 64.1 Å². The van der Waals surface area contributed by atoms with Gasteiger partial charge >= 0.3 is 0 Å². The molecule has 0 fully saturated rings. The Morgan fingerprint density at radius 2 is 2.00 bits per heavy atom. The van der Waals surface area contributed by atoms with Crippen molar-refractivity contribution >= 4 is 34.2 Å². The van der Waals surface area contributed by atoms with Crippen molar-refractivity contribution in [2.45, 2.75) is 13.5 Å². The van der Waals surface area contributed by atoms with Crippen LogP contribution in [-0.2, 0) is 6.54 Å². The molecule has 4 heteroatoms. The molecule has 12 heavy (non-hydrogen) atoms. The highest BCUT2D eigenvalue weighted by molar-refractivity contribution is 14.1. The number of nitrogen functional groups attached to an aromatic ring is 2. The van der Waals surface area contributed by atoms with E-state index in [9.17, 15) is 0 Å². The fourth-order valence-corrected chi connectivity index (χ4v) is 1.43. The van der Waals surface area contributed by atoms with Crippen molar-refractivity contribution in [3.8, 4) is 0 Å². The van der Waals surface area contributed by atoms with E-state index < -0.39 is 0 Å². The second-order valence-electron chi connectivity index (χ2n) is 2.72. The molecule has 0 radical (unpaired) electrons. The van der Waals surface area contributed by atoms with Crippen LogP contribution in [0.15, 0.2) is 12.1 Å². The van der Waals surface area contributed by atoms with Crippen molar-refractivity contribution in [2.24, 2.45) is 0 Å². The minimum atomic E-state index is 0.747. The van der Waals surface area contributed by atoms with Crippen molar-refractivity contribution in [2.75, 3.05) is 11.5 Å². The van der Waals surface area contributed by atoms with E-state index >= 15 is 0 Å². The average Bonchev–Trinajstić information content (AvgIpc) is 2.01. The number of benzene rings is 1. The number of anilines is 2. The van der Waals surface area contributed by atoms with Gasteiger partial charge < -0.3 is 11.5 Å². The molecule has 0 saturated carbocycles. The predicted molar refractivity (Wildman–Crippen MR) is 60.9 cm³/mol. The first-order valence-corrected chi connectivity index (χ1v) is 4.71. The molecule has 0 aliphatic heterocycles. The van der Waals surface area contributed by atoms with Crippen LogP contribution in [0.4, 0.5) is 11.4 Å². The van der Waals surface area contributed by atoms with Gasteiger partial charge in [-0.15, -0.1) is 0 Å². The molecule has 0 spiro atoms. The molecule has 0 heterocycles. The molecule has 1 aromatic rings. The van der Waals surface area contributed by atoms with Crippen LogP contribution in [0.5, 0.6) is 0 Å². The molecule has 0 saturated heterocycles. The van der Waals surface area contributed by atoms with Gasteiger partial charge in [0.25, 0.3) is 0 Å². The van der Waals surface area contributed by atoms with Gasteiger partial charge in [-0.25, -0.2) is 0 Å². The maximum atomic E-state index is 5.78. The highest BCUT2D eigenvalue weighted by Crippen LogP contribution is 2.20. The van der Waals surface area contributed by atoms with Crippen LogP contribution in [0.3, 0.4) is 0 Å². The summed E-state index contributed by atoms with van der Waals surface area (Å²) in [5.74, 6) is 0. The van der Waals surface area contributed by atoms with Gasteiger partial charge in [0, 0.05) is 40.8 Å². The van der Waals surface area contributed by atoms with Crippen LogP contribution in [0.1, 0.15) is 11.1 Å². The largest absolute Gasteiger partial charge is 0.399 e. The van der Waals surface area contributed by atoms with Crippen LogP contribution in [0, 0.1) is 6.92 Å². The van der Waals surface area contributed by atoms with Gasteiger partial charge in [-0.2, -0.15) is 0 Å². The third kappa shape index (κ3) is 2.01. The van der Waals surface area contributed by atoms with Crippen LogP contribution >= 0.6 is 22.9 Å². The summed E-state index contributed by atoms with van der Waals surface area (Å²) in [6.07, 6.45) is 0. The molecule has 1 aromatic carbocycles. The van der Waals surface area contributed by atoms with E-state index in [-0.39, 0.29) is 0 Å². The third-order valence-electron chi connectivity index (χ3n) is 1.79. The van der Waals surface area contributed by atoms with E-state index in [4.69, 9.17) is 11.5 Å². The van der Waals surface area contributed by atoms with Crippen LogP contribution < -0.4 is 15.0 Å². The number of aryl methyl sites for hydroxylation is 1. The maximum absolute atomic E-state index is 5.78. The zero-order chi connectivity index (χ0) is 9.14. The molecular weight excluding hydrogens is 265 g/mol. The van der Waals surface area contributed by atoms with E-state index in [2.05, 4.69) is 26.4 Å². The molecule has 0 aliphatic carbocycles. The normalized spacial score (nSPS) is 10.2. The molecule has 5 N–H and O–H groups in total. The highest BCUT2D eigenvalue weighted by atomic mass is 127. The van der Waals surface area contributed by atoms with Gasteiger partial charge in [0.1, 0.15) is 0 Å². The molecule has 0 amide bonds. The maximum Gasteiger partial charge on any atom is 0.0364 e. The summed E-state index contributed by atoms with van der Waals surface area (Å²) in [6.45, 7) is 2.70. The molecule has 0 aromatic heterocycles. The van der Waals surface area contributed by atoms with E-state index in [1.807, 2.05) is 19.1 Å². The first-order chi connectivity index (χ1) is 5.65. The summed E-state index contributed by atoms with van der Waals surface area (Å²) >= 11 is 2.08. The van der Waals surface area contributed by atoms with Crippen molar-refractivity contribution < 1.29 is 0 Å². The summed E-state index contributed by atoms with van der Waals surface area (Å²) in [5, 5.41) is 0. The fourth-order valence-electron chi connectivity index (χ4n) is 1.02. The molecule has 0 aliphatic rings. The van der Waals surface area contributed by atoms with E-state index in [1.54, 1.807) is 0 Å². The monoisotopic (exact) mass is 277 g/mol. The summed E-state index contributed by atoms with van der Waals surface area (Å²) < 4.78 is 3.01. The van der Waals surface area contributed by atoms with Gasteiger partial charge in [0.2, 0.25) is 0 Å². The van der Waals surface area contributed by atoms with E-state index in [1.165, 1.54) is 0 Å². The first-order valence-electron chi connectivity index (χ1n) is 3.63. The van der Waals surface area contributed by atoms with Gasteiger partial charge in [-0.05, 0) is 30.2 Å². The minimum Gasteiger partial charge on any atom is -0.399 e. The Kier molecular flexibility index (Phi) is 3.16. The second-order valence-corrected chi connectivity index (χ2v) is 3.48. The zero-order valence-corrected chi connectivity index (χ0v) is 9.05. The highest BCUT2D eigenvalue weighted by Gasteiger charge is 2.01. The Bertz CT molecular complexity index is 286. The molecule has 0 bridgehead atoms. The fraction of sp³-hybridized carbons (Fsp3) is 0.250. The Balaban J connectivity index is 3.05. The summed E-state index contributed by atoms with van der Waals surface area (Å²) in [4.78, 5) is 0. The van der Waals surface area contributed by atoms with Crippen molar-refractivity contribution in [1.29, 1.82) is 0 Å². The van der Waals surface area contributed by atoms with Crippen molar-refractivity contribution in [1.82, 2.24) is 3.53 Å². The number of halogens is 1. The van der Waals surface area contributed by atoms with Crippen molar-refractivity contribution in [3.05, 3.63) is 23.3 Å². The van der Waals surface area contributed by atoms with Gasteiger partial charge in [0.05, 0.1) is 0 Å². The zero-order valence-electron chi connectivity index (χ0n) is 6.89. The number of hydrogen-bond donors (Lipinski definition) is 3. The van der Waals surface area contributed by atoms with Gasteiger partial charge in [-0.1, -0.05) is 0 Å². The predicted octanol–water partition coefficient (Wildman–Crippen LogP) is 1.60. The number of nitrogens with two attached hydrogens (primary N) is 2. The summed E-state index contributed by atoms with van der Waals surface area (Å²) in [6, 6.07) is 3.81. The summed E-state index contributed by atoms with van der Waals surface area (Å²) in [5.41, 5.74) is 15.2. The standard InChI is InChI=1S/C8H12IN3/c1-5-2-8(11)6(4-12-9)3-7(5)10/h2-3,12H,4,10-11H2,1H3. The average molecular weight is 277 g/mol. The number of rotatable bonds is 2. The number of hydrogen-bond acceptors (Lipinski definition) is 3. The Morgan fingerprint density at radius 1 is 1.33 bits per heavy atom. The van der Waals surface area contributed by atoms with Crippen LogP contribution in [0.2, 0.25) is 0 Å². The number of nitrogens with one attached hydrogen (secondary N) is 1. The molecule has 3 nitrogen and oxygen atoms in total. The minimum absolute atomic E-state index is 0.747. The molecule has 0 atom stereocenters. The first kappa shape index (κ1) is 9.60. The Hall–Kier alpha value is -0.490. The summed E-state index contributed by atoms with van der Waals surface area (Å²) in [7, 11) is 0. The SMILES string of the molecule is Cc1cc(N)c(CNI)cc1N. The van der Waals surface area contributed by atoms with E-state index in [0.717, 1.165) is 29.0 Å². The lowest BCUT2D eigenvalue weighted by atomic mass is 10.1. The lowest BCUT2D eigenvalue weighted by Gasteiger charge is -2.07. The molecule has 66 valence electrons. The smallest absolute Gasteiger partial charge is 0.0364 e. The third-order valence-corrected chi connectivity index (χ3v) is 2.17. The quantitative estimate of drug-likeness (QED) is 0.437. The lowest BCUT2D eigenvalue weighted by molar-refractivity contribution is 1.02. The van der Waals surface area contributed by atoms with Crippen LogP contribution in [-0.4, -0.2) is 0 Å². The lowest BCUT2D eigenvalue weighted by Crippen LogP contribution is -2.04. The second kappa shape index (κ2) is 3.95. The van der Waals surface area contributed by atoms with Crippen molar-refractivity contribution in [3.63, 3.8) is 0 Å². The molecular formula is C8H12IN3.